The van der Waals surface area contributed by atoms with Gasteiger partial charge in [-0.25, -0.2) is 0 Å². The molecule has 0 fully saturated rings. The molecule has 2 atom stereocenters. The molecule has 0 radical (unpaired) electrons. The van der Waals surface area contributed by atoms with E-state index < -0.39 is 6.10 Å². The molecule has 4 heteroatoms. The fourth-order valence-corrected chi connectivity index (χ4v) is 2.45. The molecule has 0 aliphatic carbocycles. The maximum absolute atomic E-state index is 12.2. The van der Waals surface area contributed by atoms with E-state index in [2.05, 4.69) is 5.32 Å². The average molecular weight is 313 g/mol. The largest absolute Gasteiger partial charge is 0.508 e. The minimum absolute atomic E-state index is 0.00895. The summed E-state index contributed by atoms with van der Waals surface area (Å²) >= 11 is 0. The number of hydrogen-bond acceptors (Lipinski definition) is 3. The number of hydrogen-bond donors (Lipinski definition) is 3. The molecular formula is C19H23NO3. The maximum Gasteiger partial charge on any atom is 0.253 e. The van der Waals surface area contributed by atoms with Gasteiger partial charge in [0.05, 0.1) is 0 Å². The minimum atomic E-state index is -1.14. The van der Waals surface area contributed by atoms with Crippen molar-refractivity contribution in [3.05, 3.63) is 65.7 Å². The lowest BCUT2D eigenvalue weighted by molar-refractivity contribution is -0.130. The second-order valence-corrected chi connectivity index (χ2v) is 5.63. The first-order valence-corrected chi connectivity index (χ1v) is 7.91. The Morgan fingerprint density at radius 2 is 1.74 bits per heavy atom. The number of phenolic OH excluding ortho intramolecular Hbond substituents is 1. The molecule has 122 valence electrons. The first kappa shape index (κ1) is 17.0. The number of aliphatic hydroxyl groups excluding tert-OH is 1. The minimum Gasteiger partial charge on any atom is -0.508 e. The standard InChI is InChI=1S/C19H23NO3/c1-2-16(11-8-14-9-12-17(21)13-10-14)20-19(23)18(22)15-6-4-3-5-7-15/h3-7,9-10,12-13,16,18,21-22H,2,8,11H2,1H3,(H,20,23). The van der Waals surface area contributed by atoms with Crippen LogP contribution in [0.25, 0.3) is 0 Å². The fraction of sp³-hybridized carbons (Fsp3) is 0.316. The number of phenols is 1. The van der Waals surface area contributed by atoms with Gasteiger partial charge in [0.25, 0.3) is 5.91 Å². The van der Waals surface area contributed by atoms with Gasteiger partial charge in [-0.05, 0) is 42.5 Å². The van der Waals surface area contributed by atoms with E-state index in [-0.39, 0.29) is 17.7 Å². The van der Waals surface area contributed by atoms with E-state index in [9.17, 15) is 15.0 Å². The number of aliphatic hydroxyl groups is 1. The van der Waals surface area contributed by atoms with Gasteiger partial charge in [0.15, 0.2) is 6.10 Å². The highest BCUT2D eigenvalue weighted by atomic mass is 16.3. The van der Waals surface area contributed by atoms with Crippen LogP contribution in [0.5, 0.6) is 5.75 Å². The zero-order valence-corrected chi connectivity index (χ0v) is 13.3. The summed E-state index contributed by atoms with van der Waals surface area (Å²) in [5.41, 5.74) is 1.71. The van der Waals surface area contributed by atoms with Crippen molar-refractivity contribution in [3.8, 4) is 5.75 Å². The molecule has 0 aliphatic rings. The third-order valence-corrected chi connectivity index (χ3v) is 3.92. The molecule has 0 heterocycles. The first-order chi connectivity index (χ1) is 11.1. The van der Waals surface area contributed by atoms with Gasteiger partial charge in [0.1, 0.15) is 5.75 Å². The van der Waals surface area contributed by atoms with Gasteiger partial charge in [-0.3, -0.25) is 4.79 Å². The number of carbonyl (C=O) groups excluding carboxylic acids is 1. The highest BCUT2D eigenvalue weighted by molar-refractivity contribution is 5.82. The summed E-state index contributed by atoms with van der Waals surface area (Å²) in [4.78, 5) is 12.2. The summed E-state index contributed by atoms with van der Waals surface area (Å²) in [7, 11) is 0. The molecule has 1 amide bonds. The number of aryl methyl sites for hydroxylation is 1. The van der Waals surface area contributed by atoms with Gasteiger partial charge in [0.2, 0.25) is 0 Å². The number of aromatic hydroxyl groups is 1. The highest BCUT2D eigenvalue weighted by Gasteiger charge is 2.19. The quantitative estimate of drug-likeness (QED) is 0.736. The van der Waals surface area contributed by atoms with Crippen molar-refractivity contribution in [2.75, 3.05) is 0 Å². The Morgan fingerprint density at radius 3 is 2.35 bits per heavy atom. The maximum atomic E-state index is 12.2. The Bertz CT molecular complexity index is 610. The normalized spacial score (nSPS) is 13.3. The molecule has 23 heavy (non-hydrogen) atoms. The highest BCUT2D eigenvalue weighted by Crippen LogP contribution is 2.15. The van der Waals surface area contributed by atoms with E-state index in [1.807, 2.05) is 25.1 Å². The molecule has 4 nitrogen and oxygen atoms in total. The summed E-state index contributed by atoms with van der Waals surface area (Å²) in [6.45, 7) is 2.01. The van der Waals surface area contributed by atoms with Crippen LogP contribution in [-0.2, 0) is 11.2 Å². The average Bonchev–Trinajstić information content (AvgIpc) is 2.59. The van der Waals surface area contributed by atoms with Crippen molar-refractivity contribution in [2.24, 2.45) is 0 Å². The summed E-state index contributed by atoms with van der Waals surface area (Å²) in [6.07, 6.45) is 1.25. The van der Waals surface area contributed by atoms with Crippen LogP contribution in [0.3, 0.4) is 0 Å². The predicted octanol–water partition coefficient (Wildman–Crippen LogP) is 2.95. The Morgan fingerprint density at radius 1 is 1.09 bits per heavy atom. The van der Waals surface area contributed by atoms with Crippen molar-refractivity contribution in [1.29, 1.82) is 0 Å². The zero-order valence-electron chi connectivity index (χ0n) is 13.3. The molecule has 0 saturated heterocycles. The van der Waals surface area contributed by atoms with E-state index in [1.54, 1.807) is 36.4 Å². The van der Waals surface area contributed by atoms with Crippen LogP contribution < -0.4 is 5.32 Å². The molecule has 2 unspecified atom stereocenters. The number of amides is 1. The predicted molar refractivity (Wildman–Crippen MR) is 90.1 cm³/mol. The Kier molecular flexibility index (Phi) is 6.18. The smallest absolute Gasteiger partial charge is 0.253 e. The number of benzene rings is 2. The lowest BCUT2D eigenvalue weighted by Gasteiger charge is -2.19. The Balaban J connectivity index is 1.88. The fourth-order valence-electron chi connectivity index (χ4n) is 2.45. The summed E-state index contributed by atoms with van der Waals surface area (Å²) < 4.78 is 0. The SMILES string of the molecule is CCC(CCc1ccc(O)cc1)NC(=O)C(O)c1ccccc1. The van der Waals surface area contributed by atoms with Crippen molar-refractivity contribution < 1.29 is 15.0 Å². The van der Waals surface area contributed by atoms with E-state index >= 15 is 0 Å². The van der Waals surface area contributed by atoms with E-state index in [1.165, 1.54) is 0 Å². The van der Waals surface area contributed by atoms with Gasteiger partial charge in [-0.15, -0.1) is 0 Å². The molecule has 2 aromatic rings. The van der Waals surface area contributed by atoms with Crippen LogP contribution in [0.2, 0.25) is 0 Å². The van der Waals surface area contributed by atoms with E-state index in [0.29, 0.717) is 5.56 Å². The number of nitrogens with one attached hydrogen (secondary N) is 1. The molecular weight excluding hydrogens is 290 g/mol. The lowest BCUT2D eigenvalue weighted by atomic mass is 10.0. The third-order valence-electron chi connectivity index (χ3n) is 3.92. The summed E-state index contributed by atoms with van der Waals surface area (Å²) in [5, 5.41) is 22.3. The van der Waals surface area contributed by atoms with E-state index in [0.717, 1.165) is 24.8 Å². The van der Waals surface area contributed by atoms with Gasteiger partial charge in [-0.2, -0.15) is 0 Å². The molecule has 0 spiro atoms. The Labute approximate surface area is 136 Å². The first-order valence-electron chi connectivity index (χ1n) is 7.91. The van der Waals surface area contributed by atoms with Crippen molar-refractivity contribution in [3.63, 3.8) is 0 Å². The second-order valence-electron chi connectivity index (χ2n) is 5.63. The van der Waals surface area contributed by atoms with Crippen LogP contribution >= 0.6 is 0 Å². The monoisotopic (exact) mass is 313 g/mol. The number of carbonyl (C=O) groups is 1. The van der Waals surface area contributed by atoms with Crippen molar-refractivity contribution in [2.45, 2.75) is 38.3 Å². The summed E-state index contributed by atoms with van der Waals surface area (Å²) in [5.74, 6) is -0.117. The van der Waals surface area contributed by atoms with Crippen LogP contribution in [0.15, 0.2) is 54.6 Å². The number of rotatable bonds is 7. The molecule has 0 aliphatic heterocycles. The van der Waals surface area contributed by atoms with Crippen molar-refractivity contribution >= 4 is 5.91 Å². The molecule has 0 bridgehead atoms. The lowest BCUT2D eigenvalue weighted by Crippen LogP contribution is -2.38. The van der Waals surface area contributed by atoms with E-state index in [4.69, 9.17) is 0 Å². The topological polar surface area (TPSA) is 69.6 Å². The van der Waals surface area contributed by atoms with Crippen LogP contribution in [-0.4, -0.2) is 22.2 Å². The van der Waals surface area contributed by atoms with Gasteiger partial charge in [0, 0.05) is 6.04 Å². The molecule has 3 N–H and O–H groups in total. The Hall–Kier alpha value is -2.33. The van der Waals surface area contributed by atoms with Gasteiger partial charge in [-0.1, -0.05) is 49.4 Å². The molecule has 2 rings (SSSR count). The molecule has 0 saturated carbocycles. The van der Waals surface area contributed by atoms with Gasteiger partial charge < -0.3 is 15.5 Å². The summed E-state index contributed by atoms with van der Waals surface area (Å²) in [6, 6.07) is 16.0. The molecule has 0 aromatic heterocycles. The van der Waals surface area contributed by atoms with Gasteiger partial charge >= 0.3 is 0 Å². The van der Waals surface area contributed by atoms with Crippen LogP contribution in [0.4, 0.5) is 0 Å². The van der Waals surface area contributed by atoms with Crippen LogP contribution in [0, 0.1) is 0 Å². The third kappa shape index (κ3) is 5.11. The second kappa shape index (κ2) is 8.34. The van der Waals surface area contributed by atoms with Crippen molar-refractivity contribution in [1.82, 2.24) is 5.32 Å². The molecule has 2 aromatic carbocycles. The zero-order chi connectivity index (χ0) is 16.7. The van der Waals surface area contributed by atoms with Crippen LogP contribution in [0.1, 0.15) is 37.0 Å².